The van der Waals surface area contributed by atoms with Gasteiger partial charge in [0.05, 0.1) is 0 Å². The fraction of sp³-hybridized carbons (Fsp3) is 0.455. The first-order valence-electron chi connectivity index (χ1n) is 4.91. The molecule has 1 aromatic rings. The van der Waals surface area contributed by atoms with Gasteiger partial charge in [0.25, 0.3) is 0 Å². The van der Waals surface area contributed by atoms with Crippen LogP contribution in [0.1, 0.15) is 36.9 Å². The summed E-state index contributed by atoms with van der Waals surface area (Å²) in [5, 5.41) is 0.806. The quantitative estimate of drug-likeness (QED) is 0.595. The van der Waals surface area contributed by atoms with Gasteiger partial charge >= 0.3 is 0 Å². The zero-order chi connectivity index (χ0) is 10.6. The highest BCUT2D eigenvalue weighted by Gasteiger charge is 2.08. The highest BCUT2D eigenvalue weighted by molar-refractivity contribution is 6.31. The Balaban J connectivity index is 2.88. The maximum Gasteiger partial charge on any atom is 0.0460 e. The van der Waals surface area contributed by atoms with Crippen LogP contribution in [0, 0.1) is 6.92 Å². The van der Waals surface area contributed by atoms with Gasteiger partial charge in [-0.25, -0.2) is 0 Å². The number of rotatable bonds is 4. The molecular weight excluding hydrogens is 196 g/mol. The Morgan fingerprint density at radius 3 is 2.71 bits per heavy atom. The van der Waals surface area contributed by atoms with Gasteiger partial charge in [-0.05, 0) is 30.5 Å². The van der Waals surface area contributed by atoms with Crippen molar-refractivity contribution >= 4 is 11.6 Å². The molecule has 78 valence electrons. The van der Waals surface area contributed by atoms with Crippen molar-refractivity contribution in [1.29, 1.82) is 0 Å². The van der Waals surface area contributed by atoms with Gasteiger partial charge in [-0.3, -0.25) is 11.3 Å². The van der Waals surface area contributed by atoms with Crippen molar-refractivity contribution in [2.45, 2.75) is 32.7 Å². The van der Waals surface area contributed by atoms with Crippen molar-refractivity contribution in [3.8, 4) is 0 Å². The number of halogens is 1. The van der Waals surface area contributed by atoms with Gasteiger partial charge < -0.3 is 0 Å². The molecule has 0 spiro atoms. The van der Waals surface area contributed by atoms with Crippen LogP contribution in [-0.4, -0.2) is 0 Å². The SMILES string of the molecule is CCCC(NN)c1ccc(Cl)c(C)c1. The van der Waals surface area contributed by atoms with Crippen molar-refractivity contribution in [3.05, 3.63) is 34.3 Å². The van der Waals surface area contributed by atoms with Crippen LogP contribution < -0.4 is 11.3 Å². The van der Waals surface area contributed by atoms with Crippen LogP contribution in [0.15, 0.2) is 18.2 Å². The molecule has 0 aliphatic carbocycles. The van der Waals surface area contributed by atoms with Gasteiger partial charge in [0, 0.05) is 11.1 Å². The van der Waals surface area contributed by atoms with Crippen molar-refractivity contribution in [2.24, 2.45) is 5.84 Å². The lowest BCUT2D eigenvalue weighted by Gasteiger charge is -2.16. The molecule has 0 aliphatic heterocycles. The molecule has 3 N–H and O–H groups in total. The number of aryl methyl sites for hydroxylation is 1. The predicted molar refractivity (Wildman–Crippen MR) is 61.2 cm³/mol. The largest absolute Gasteiger partial charge is 0.271 e. The normalized spacial score (nSPS) is 12.9. The zero-order valence-electron chi connectivity index (χ0n) is 8.68. The van der Waals surface area contributed by atoms with Gasteiger partial charge in [-0.2, -0.15) is 0 Å². The summed E-state index contributed by atoms with van der Waals surface area (Å²) in [4.78, 5) is 0. The van der Waals surface area contributed by atoms with E-state index >= 15 is 0 Å². The third-order valence-electron chi connectivity index (χ3n) is 2.36. The lowest BCUT2D eigenvalue weighted by molar-refractivity contribution is 0.510. The summed E-state index contributed by atoms with van der Waals surface area (Å²) in [6.07, 6.45) is 2.15. The maximum absolute atomic E-state index is 5.95. The summed E-state index contributed by atoms with van der Waals surface area (Å²) in [7, 11) is 0. The van der Waals surface area contributed by atoms with E-state index in [1.165, 1.54) is 5.56 Å². The molecule has 0 saturated heterocycles. The van der Waals surface area contributed by atoms with E-state index in [0.29, 0.717) is 0 Å². The summed E-state index contributed by atoms with van der Waals surface area (Å²) in [5.41, 5.74) is 5.13. The minimum Gasteiger partial charge on any atom is -0.271 e. The van der Waals surface area contributed by atoms with Crippen LogP contribution in [0.4, 0.5) is 0 Å². The molecule has 0 bridgehead atoms. The van der Waals surface area contributed by atoms with Crippen LogP contribution in [0.2, 0.25) is 5.02 Å². The minimum absolute atomic E-state index is 0.232. The molecule has 1 aromatic carbocycles. The number of hydrogen-bond acceptors (Lipinski definition) is 2. The molecule has 0 amide bonds. The Bertz CT molecular complexity index is 299. The number of nitrogens with one attached hydrogen (secondary N) is 1. The Morgan fingerprint density at radius 1 is 1.50 bits per heavy atom. The molecule has 0 fully saturated rings. The second-order valence-electron chi connectivity index (χ2n) is 3.52. The second-order valence-corrected chi connectivity index (χ2v) is 3.92. The second kappa shape index (κ2) is 5.35. The lowest BCUT2D eigenvalue weighted by atomic mass is 10.0. The Kier molecular flexibility index (Phi) is 4.39. The monoisotopic (exact) mass is 212 g/mol. The fourth-order valence-electron chi connectivity index (χ4n) is 1.52. The van der Waals surface area contributed by atoms with E-state index in [0.717, 1.165) is 23.4 Å². The number of nitrogens with two attached hydrogens (primary N) is 1. The van der Waals surface area contributed by atoms with Crippen molar-refractivity contribution < 1.29 is 0 Å². The first-order valence-corrected chi connectivity index (χ1v) is 5.29. The number of hydrazine groups is 1. The average molecular weight is 213 g/mol. The highest BCUT2D eigenvalue weighted by Crippen LogP contribution is 2.22. The van der Waals surface area contributed by atoms with Crippen molar-refractivity contribution in [2.75, 3.05) is 0 Å². The number of hydrogen-bond donors (Lipinski definition) is 2. The van der Waals surface area contributed by atoms with Gasteiger partial charge in [-0.15, -0.1) is 0 Å². The molecule has 14 heavy (non-hydrogen) atoms. The summed E-state index contributed by atoms with van der Waals surface area (Å²) >= 11 is 5.95. The Hall–Kier alpha value is -0.570. The van der Waals surface area contributed by atoms with E-state index in [1.54, 1.807) is 0 Å². The molecule has 0 radical (unpaired) electrons. The summed E-state index contributed by atoms with van der Waals surface area (Å²) in [5.74, 6) is 5.50. The Morgan fingerprint density at radius 2 is 2.21 bits per heavy atom. The standard InChI is InChI=1S/C11H17ClN2/c1-3-4-11(14-13)9-5-6-10(12)8(2)7-9/h5-7,11,14H,3-4,13H2,1-2H3. The van der Waals surface area contributed by atoms with Gasteiger partial charge in [0.1, 0.15) is 0 Å². The van der Waals surface area contributed by atoms with Crippen LogP contribution in [0.25, 0.3) is 0 Å². The van der Waals surface area contributed by atoms with E-state index in [2.05, 4.69) is 18.4 Å². The third-order valence-corrected chi connectivity index (χ3v) is 2.79. The molecule has 2 nitrogen and oxygen atoms in total. The van der Waals surface area contributed by atoms with E-state index in [-0.39, 0.29) is 6.04 Å². The molecular formula is C11H17ClN2. The van der Waals surface area contributed by atoms with E-state index in [9.17, 15) is 0 Å². The van der Waals surface area contributed by atoms with E-state index < -0.39 is 0 Å². The summed E-state index contributed by atoms with van der Waals surface area (Å²) < 4.78 is 0. The van der Waals surface area contributed by atoms with Crippen LogP contribution in [-0.2, 0) is 0 Å². The Labute approximate surface area is 90.4 Å². The molecule has 0 aromatic heterocycles. The molecule has 1 atom stereocenters. The fourth-order valence-corrected chi connectivity index (χ4v) is 1.64. The highest BCUT2D eigenvalue weighted by atomic mass is 35.5. The van der Waals surface area contributed by atoms with E-state index in [1.807, 2.05) is 19.1 Å². The predicted octanol–water partition coefficient (Wildman–Crippen LogP) is 2.95. The van der Waals surface area contributed by atoms with E-state index in [4.69, 9.17) is 17.4 Å². The van der Waals surface area contributed by atoms with Gasteiger partial charge in [-0.1, -0.05) is 37.1 Å². The average Bonchev–Trinajstić information content (AvgIpc) is 2.19. The topological polar surface area (TPSA) is 38.0 Å². The smallest absolute Gasteiger partial charge is 0.0460 e. The molecule has 0 heterocycles. The van der Waals surface area contributed by atoms with Crippen molar-refractivity contribution in [3.63, 3.8) is 0 Å². The van der Waals surface area contributed by atoms with Crippen LogP contribution in [0.3, 0.4) is 0 Å². The van der Waals surface area contributed by atoms with Gasteiger partial charge in [0.15, 0.2) is 0 Å². The lowest BCUT2D eigenvalue weighted by Crippen LogP contribution is -2.27. The zero-order valence-corrected chi connectivity index (χ0v) is 9.43. The van der Waals surface area contributed by atoms with Crippen molar-refractivity contribution in [1.82, 2.24) is 5.43 Å². The van der Waals surface area contributed by atoms with Gasteiger partial charge in [0.2, 0.25) is 0 Å². The molecule has 1 rings (SSSR count). The van der Waals surface area contributed by atoms with Crippen LogP contribution >= 0.6 is 11.6 Å². The third kappa shape index (κ3) is 2.71. The first-order chi connectivity index (χ1) is 6.69. The maximum atomic E-state index is 5.95. The number of benzene rings is 1. The summed E-state index contributed by atoms with van der Waals surface area (Å²) in [6, 6.07) is 6.26. The van der Waals surface area contributed by atoms with Crippen LogP contribution in [0.5, 0.6) is 0 Å². The molecule has 1 unspecified atom stereocenters. The summed E-state index contributed by atoms with van der Waals surface area (Å²) in [6.45, 7) is 4.15. The molecule has 0 saturated carbocycles. The molecule has 0 aliphatic rings. The molecule has 3 heteroatoms. The minimum atomic E-state index is 0.232. The first kappa shape index (κ1) is 11.5.